The number of carbonyl (C=O) groups is 1. The van der Waals surface area contributed by atoms with E-state index in [1.807, 2.05) is 7.05 Å². The maximum atomic E-state index is 12.5. The second kappa shape index (κ2) is 7.06. The Bertz CT molecular complexity index is 396. The molecule has 0 bridgehead atoms. The Morgan fingerprint density at radius 1 is 1.48 bits per heavy atom. The Hall–Kier alpha value is -1.38. The lowest BCUT2D eigenvalue weighted by Crippen LogP contribution is -2.55. The number of hydrogen-bond donors (Lipinski definition) is 3. The van der Waals surface area contributed by atoms with Crippen LogP contribution in [0.5, 0.6) is 0 Å². The van der Waals surface area contributed by atoms with Gasteiger partial charge in [0.1, 0.15) is 5.41 Å². The van der Waals surface area contributed by atoms with E-state index in [4.69, 9.17) is 20.4 Å². The second-order valence-corrected chi connectivity index (χ2v) is 5.64. The second-order valence-electron chi connectivity index (χ2n) is 5.64. The summed E-state index contributed by atoms with van der Waals surface area (Å²) in [4.78, 5) is 14.7. The minimum absolute atomic E-state index is 0.0307. The molecular weight excluding hydrogens is 276 g/mol. The van der Waals surface area contributed by atoms with Crippen molar-refractivity contribution in [3.05, 3.63) is 0 Å². The predicted octanol–water partition coefficient (Wildman–Crippen LogP) is -1.02. The molecule has 8 nitrogen and oxygen atoms in total. The molecule has 2 aliphatic heterocycles. The molecular formula is C13H24N4O4. The fourth-order valence-corrected chi connectivity index (χ4v) is 2.78. The molecule has 2 saturated heterocycles. The van der Waals surface area contributed by atoms with Gasteiger partial charge in [-0.1, -0.05) is 5.16 Å². The van der Waals surface area contributed by atoms with Crippen LogP contribution < -0.4 is 11.1 Å². The molecule has 2 heterocycles. The first-order chi connectivity index (χ1) is 10.1. The van der Waals surface area contributed by atoms with Crippen molar-refractivity contribution in [2.45, 2.75) is 18.9 Å². The van der Waals surface area contributed by atoms with Crippen molar-refractivity contribution in [3.63, 3.8) is 0 Å². The van der Waals surface area contributed by atoms with Gasteiger partial charge in [-0.25, -0.2) is 0 Å². The van der Waals surface area contributed by atoms with E-state index in [9.17, 15) is 4.79 Å². The smallest absolute Gasteiger partial charge is 0.234 e. The summed E-state index contributed by atoms with van der Waals surface area (Å²) < 4.78 is 10.9. The minimum Gasteiger partial charge on any atom is -0.409 e. The maximum Gasteiger partial charge on any atom is 0.234 e. The van der Waals surface area contributed by atoms with Crippen LogP contribution in [0.25, 0.3) is 0 Å². The predicted molar refractivity (Wildman–Crippen MR) is 76.1 cm³/mol. The highest BCUT2D eigenvalue weighted by Crippen LogP contribution is 2.31. The molecule has 0 aromatic rings. The lowest BCUT2D eigenvalue weighted by molar-refractivity contribution is -0.132. The van der Waals surface area contributed by atoms with Crippen molar-refractivity contribution >= 4 is 11.7 Å². The summed E-state index contributed by atoms with van der Waals surface area (Å²) in [6, 6.07) is 0. The molecule has 4 N–H and O–H groups in total. The Labute approximate surface area is 124 Å². The van der Waals surface area contributed by atoms with Crippen LogP contribution >= 0.6 is 0 Å². The number of hydrogen-bond acceptors (Lipinski definition) is 6. The van der Waals surface area contributed by atoms with Crippen LogP contribution in [0.4, 0.5) is 0 Å². The Morgan fingerprint density at radius 2 is 2.19 bits per heavy atom. The summed E-state index contributed by atoms with van der Waals surface area (Å²) >= 11 is 0. The molecule has 0 spiro atoms. The van der Waals surface area contributed by atoms with Crippen LogP contribution in [-0.2, 0) is 14.3 Å². The van der Waals surface area contributed by atoms with E-state index >= 15 is 0 Å². The molecule has 8 heteroatoms. The van der Waals surface area contributed by atoms with Crippen LogP contribution in [0.15, 0.2) is 5.16 Å². The van der Waals surface area contributed by atoms with Gasteiger partial charge in [-0.3, -0.25) is 4.79 Å². The number of nitrogens with two attached hydrogens (primary N) is 1. The standard InChI is InChI=1S/C13H24N4O4/c1-17-4-7-21-10(9-17)8-15-12(18)13(11(14)16-19)2-5-20-6-3-13/h10,19H,2-9H2,1H3,(H2,14,16)(H,15,18). The molecule has 21 heavy (non-hydrogen) atoms. The monoisotopic (exact) mass is 300 g/mol. The first-order valence-electron chi connectivity index (χ1n) is 7.22. The number of oxime groups is 1. The summed E-state index contributed by atoms with van der Waals surface area (Å²) in [5.74, 6) is -0.275. The fourth-order valence-electron chi connectivity index (χ4n) is 2.78. The number of nitrogens with one attached hydrogen (secondary N) is 1. The third kappa shape index (κ3) is 3.63. The largest absolute Gasteiger partial charge is 0.409 e. The van der Waals surface area contributed by atoms with E-state index in [-0.39, 0.29) is 17.8 Å². The molecule has 0 saturated carbocycles. The van der Waals surface area contributed by atoms with Crippen LogP contribution in [0, 0.1) is 5.41 Å². The third-order valence-corrected chi connectivity index (χ3v) is 4.21. The minimum atomic E-state index is -0.979. The van der Waals surface area contributed by atoms with E-state index < -0.39 is 5.41 Å². The maximum absolute atomic E-state index is 12.5. The van der Waals surface area contributed by atoms with Crippen LogP contribution in [-0.4, -0.2) is 74.5 Å². The lowest BCUT2D eigenvalue weighted by atomic mass is 9.78. The van der Waals surface area contributed by atoms with Gasteiger partial charge in [-0.2, -0.15) is 0 Å². The number of amides is 1. The average Bonchev–Trinajstić information content (AvgIpc) is 2.52. The van der Waals surface area contributed by atoms with Crippen molar-refractivity contribution in [2.75, 3.05) is 46.5 Å². The number of rotatable bonds is 4. The summed E-state index contributed by atoms with van der Waals surface area (Å²) in [6.07, 6.45) is 0.803. The van der Waals surface area contributed by atoms with Gasteiger partial charge in [0, 0.05) is 32.8 Å². The SMILES string of the molecule is CN1CCOC(CNC(=O)C2(C(N)=NO)CCOCC2)C1. The van der Waals surface area contributed by atoms with E-state index in [1.165, 1.54) is 0 Å². The molecule has 1 atom stereocenters. The Morgan fingerprint density at radius 3 is 2.81 bits per heavy atom. The van der Waals surface area contributed by atoms with Crippen molar-refractivity contribution < 1.29 is 19.5 Å². The number of carbonyl (C=O) groups excluding carboxylic acids is 1. The highest BCUT2D eigenvalue weighted by atomic mass is 16.5. The van der Waals surface area contributed by atoms with Gasteiger partial charge >= 0.3 is 0 Å². The average molecular weight is 300 g/mol. The van der Waals surface area contributed by atoms with Crippen molar-refractivity contribution in [1.29, 1.82) is 0 Å². The van der Waals surface area contributed by atoms with Crippen molar-refractivity contribution in [1.82, 2.24) is 10.2 Å². The van der Waals surface area contributed by atoms with Gasteiger partial charge in [0.15, 0.2) is 5.84 Å². The molecule has 2 fully saturated rings. The summed E-state index contributed by atoms with van der Waals surface area (Å²) in [5.41, 5.74) is 4.78. The van der Waals surface area contributed by atoms with Gasteiger partial charge in [-0.05, 0) is 19.9 Å². The molecule has 120 valence electrons. The normalized spacial score (nSPS) is 27.3. The first-order valence-corrected chi connectivity index (χ1v) is 7.22. The van der Waals surface area contributed by atoms with Gasteiger partial charge in [0.25, 0.3) is 0 Å². The number of morpholine rings is 1. The van der Waals surface area contributed by atoms with Gasteiger partial charge in [0.05, 0.1) is 12.7 Å². The molecule has 0 aromatic carbocycles. The highest BCUT2D eigenvalue weighted by Gasteiger charge is 2.44. The van der Waals surface area contributed by atoms with E-state index in [1.54, 1.807) is 0 Å². The summed E-state index contributed by atoms with van der Waals surface area (Å²) in [6.45, 7) is 3.61. The zero-order valence-corrected chi connectivity index (χ0v) is 12.4. The highest BCUT2D eigenvalue weighted by molar-refractivity contribution is 6.06. The number of ether oxygens (including phenoxy) is 2. The number of amidine groups is 1. The molecule has 1 unspecified atom stereocenters. The Balaban J connectivity index is 1.95. The molecule has 0 aliphatic carbocycles. The molecule has 2 aliphatic rings. The van der Waals surface area contributed by atoms with Crippen molar-refractivity contribution in [3.8, 4) is 0 Å². The van der Waals surface area contributed by atoms with Crippen LogP contribution in [0.2, 0.25) is 0 Å². The number of nitrogens with zero attached hydrogens (tertiary/aromatic N) is 2. The fraction of sp³-hybridized carbons (Fsp3) is 0.846. The molecule has 2 rings (SSSR count). The van der Waals surface area contributed by atoms with Gasteiger partial charge in [-0.15, -0.1) is 0 Å². The van der Waals surface area contributed by atoms with E-state index in [2.05, 4.69) is 15.4 Å². The molecule has 0 radical (unpaired) electrons. The zero-order valence-electron chi connectivity index (χ0n) is 12.4. The summed E-state index contributed by atoms with van der Waals surface area (Å²) in [5, 5.41) is 14.9. The molecule has 1 amide bonds. The van der Waals surface area contributed by atoms with E-state index in [0.29, 0.717) is 39.2 Å². The van der Waals surface area contributed by atoms with Crippen LogP contribution in [0.1, 0.15) is 12.8 Å². The molecule has 0 aromatic heterocycles. The van der Waals surface area contributed by atoms with E-state index in [0.717, 1.165) is 13.1 Å². The van der Waals surface area contributed by atoms with Gasteiger partial charge in [0.2, 0.25) is 5.91 Å². The topological polar surface area (TPSA) is 109 Å². The van der Waals surface area contributed by atoms with Crippen LogP contribution in [0.3, 0.4) is 0 Å². The zero-order chi connectivity index (χ0) is 15.3. The quantitative estimate of drug-likeness (QED) is 0.265. The third-order valence-electron chi connectivity index (χ3n) is 4.21. The first kappa shape index (κ1) is 16.0. The lowest BCUT2D eigenvalue weighted by Gasteiger charge is -2.35. The Kier molecular flexibility index (Phi) is 5.38. The van der Waals surface area contributed by atoms with Crippen molar-refractivity contribution in [2.24, 2.45) is 16.3 Å². The number of likely N-dealkylation sites (N-methyl/N-ethyl adjacent to an activating group) is 1. The summed E-state index contributed by atoms with van der Waals surface area (Å²) in [7, 11) is 2.02. The van der Waals surface area contributed by atoms with Gasteiger partial charge < -0.3 is 30.6 Å².